The number of amides is 3. The number of hydrazone groups is 1. The van der Waals surface area contributed by atoms with E-state index in [0.717, 1.165) is 34.7 Å². The number of alkyl halides is 3. The minimum absolute atomic E-state index is 0.149. The molecule has 0 aliphatic carbocycles. The highest BCUT2D eigenvalue weighted by Crippen LogP contribution is 2.34. The van der Waals surface area contributed by atoms with E-state index >= 15 is 0 Å². The van der Waals surface area contributed by atoms with E-state index in [4.69, 9.17) is 4.74 Å². The fourth-order valence-electron chi connectivity index (χ4n) is 3.95. The summed E-state index contributed by atoms with van der Waals surface area (Å²) in [4.78, 5) is 27.0. The molecule has 0 aromatic heterocycles. The minimum Gasteiger partial charge on any atom is -0.497 e. The van der Waals surface area contributed by atoms with Gasteiger partial charge in [0.15, 0.2) is 0 Å². The topological polar surface area (TPSA) is 74.2 Å². The molecule has 11 heteroatoms. The number of carbonyl (C=O) groups is 2. The number of benzene rings is 3. The monoisotopic (exact) mass is 528 g/mol. The molecule has 0 saturated carbocycles. The van der Waals surface area contributed by atoms with Gasteiger partial charge >= 0.3 is 12.2 Å². The van der Waals surface area contributed by atoms with Crippen LogP contribution in [0.3, 0.4) is 0 Å². The third-order valence-electron chi connectivity index (χ3n) is 6.03. The molecule has 0 saturated heterocycles. The van der Waals surface area contributed by atoms with Gasteiger partial charge in [-0.25, -0.2) is 14.2 Å². The van der Waals surface area contributed by atoms with Crippen LogP contribution in [0, 0.1) is 5.82 Å². The van der Waals surface area contributed by atoms with Crippen LogP contribution in [0.25, 0.3) is 0 Å². The van der Waals surface area contributed by atoms with E-state index in [1.54, 1.807) is 31.4 Å². The van der Waals surface area contributed by atoms with Crippen molar-refractivity contribution in [3.05, 3.63) is 95.3 Å². The molecule has 38 heavy (non-hydrogen) atoms. The Labute approximate surface area is 216 Å². The van der Waals surface area contributed by atoms with Gasteiger partial charge in [-0.3, -0.25) is 4.79 Å². The van der Waals surface area contributed by atoms with Crippen molar-refractivity contribution >= 4 is 23.3 Å². The normalized spacial score (nSPS) is 15.2. The van der Waals surface area contributed by atoms with E-state index in [-0.39, 0.29) is 12.2 Å². The summed E-state index contributed by atoms with van der Waals surface area (Å²) in [5, 5.41) is 8.27. The van der Waals surface area contributed by atoms with Crippen LogP contribution in [0.4, 0.5) is 28.0 Å². The lowest BCUT2D eigenvalue weighted by Crippen LogP contribution is -2.41. The van der Waals surface area contributed by atoms with Crippen molar-refractivity contribution in [2.45, 2.75) is 18.6 Å². The van der Waals surface area contributed by atoms with Gasteiger partial charge in [0.1, 0.15) is 18.1 Å². The molecule has 0 spiro atoms. The number of carbonyl (C=O) groups excluding carboxylic acids is 2. The summed E-state index contributed by atoms with van der Waals surface area (Å²) in [6.45, 7) is -0.348. The fraction of sp³-hybridized carbons (Fsp3) is 0.222. The summed E-state index contributed by atoms with van der Waals surface area (Å²) in [5.41, 5.74) is 1.34. The van der Waals surface area contributed by atoms with Gasteiger partial charge in [0, 0.05) is 19.2 Å². The summed E-state index contributed by atoms with van der Waals surface area (Å²) in [6, 6.07) is 15.8. The fourth-order valence-corrected chi connectivity index (χ4v) is 3.95. The van der Waals surface area contributed by atoms with Crippen molar-refractivity contribution in [2.75, 3.05) is 26.0 Å². The van der Waals surface area contributed by atoms with Crippen molar-refractivity contribution < 1.29 is 31.9 Å². The Balaban J connectivity index is 1.50. The highest BCUT2D eigenvalue weighted by molar-refractivity contribution is 6.03. The summed E-state index contributed by atoms with van der Waals surface area (Å²) in [7, 11) is 2.93. The second-order valence-electron chi connectivity index (χ2n) is 8.65. The predicted octanol–water partition coefficient (Wildman–Crippen LogP) is 5.69. The van der Waals surface area contributed by atoms with Crippen LogP contribution in [-0.4, -0.2) is 48.3 Å². The van der Waals surface area contributed by atoms with Crippen LogP contribution in [0.5, 0.6) is 5.75 Å². The van der Waals surface area contributed by atoms with Gasteiger partial charge in [-0.05, 0) is 59.7 Å². The van der Waals surface area contributed by atoms with Crippen molar-refractivity contribution in [1.82, 2.24) is 9.91 Å². The Morgan fingerprint density at radius 3 is 2.24 bits per heavy atom. The molecule has 1 heterocycles. The summed E-state index contributed by atoms with van der Waals surface area (Å²) in [6.07, 6.45) is -4.12. The zero-order chi connectivity index (χ0) is 27.4. The Morgan fingerprint density at radius 1 is 1.03 bits per heavy atom. The van der Waals surface area contributed by atoms with Gasteiger partial charge in [0.05, 0.1) is 24.4 Å². The number of anilines is 1. The lowest BCUT2D eigenvalue weighted by Gasteiger charge is -2.25. The SMILES string of the molecule is COc1ccc(C2CC(c3ccc(F)cc3)=NN2C(=O)CN(C)C(=O)Nc2ccc(C(F)(F)F)cc2)cc1. The summed E-state index contributed by atoms with van der Waals surface area (Å²) < 4.78 is 57.0. The van der Waals surface area contributed by atoms with Gasteiger partial charge in [-0.2, -0.15) is 18.3 Å². The molecule has 1 N–H and O–H groups in total. The average molecular weight is 529 g/mol. The summed E-state index contributed by atoms with van der Waals surface area (Å²) in [5.74, 6) is -0.232. The molecule has 0 bridgehead atoms. The van der Waals surface area contributed by atoms with Crippen LogP contribution < -0.4 is 10.1 Å². The van der Waals surface area contributed by atoms with Crippen LogP contribution >= 0.6 is 0 Å². The largest absolute Gasteiger partial charge is 0.497 e. The predicted molar refractivity (Wildman–Crippen MR) is 133 cm³/mol. The van der Waals surface area contributed by atoms with E-state index < -0.39 is 35.5 Å². The van der Waals surface area contributed by atoms with E-state index in [1.165, 1.54) is 24.2 Å². The molecule has 1 atom stereocenters. The van der Waals surface area contributed by atoms with Crippen molar-refractivity contribution in [2.24, 2.45) is 5.10 Å². The Kier molecular flexibility index (Phi) is 7.65. The number of ether oxygens (including phenoxy) is 1. The highest BCUT2D eigenvalue weighted by atomic mass is 19.4. The number of hydrogen-bond donors (Lipinski definition) is 1. The zero-order valence-corrected chi connectivity index (χ0v) is 20.5. The number of nitrogens with zero attached hydrogens (tertiary/aromatic N) is 3. The third kappa shape index (κ3) is 6.10. The smallest absolute Gasteiger partial charge is 0.416 e. The van der Waals surface area contributed by atoms with Crippen LogP contribution in [0.15, 0.2) is 77.9 Å². The van der Waals surface area contributed by atoms with Gasteiger partial charge in [0.2, 0.25) is 0 Å². The molecule has 0 radical (unpaired) electrons. The van der Waals surface area contributed by atoms with Gasteiger partial charge in [-0.1, -0.05) is 24.3 Å². The lowest BCUT2D eigenvalue weighted by atomic mass is 9.98. The summed E-state index contributed by atoms with van der Waals surface area (Å²) >= 11 is 0. The molecule has 3 aromatic rings. The van der Waals surface area contributed by atoms with Crippen LogP contribution in [-0.2, 0) is 11.0 Å². The van der Waals surface area contributed by atoms with Crippen molar-refractivity contribution in [3.8, 4) is 5.75 Å². The maximum atomic E-state index is 13.4. The molecule has 4 rings (SSSR count). The Hall–Kier alpha value is -4.41. The molecule has 1 unspecified atom stereocenters. The molecule has 7 nitrogen and oxygen atoms in total. The second kappa shape index (κ2) is 10.9. The number of halogens is 4. The number of urea groups is 1. The third-order valence-corrected chi connectivity index (χ3v) is 6.03. The standard InChI is InChI=1S/C27H24F4N4O3/c1-34(26(37)32-21-11-7-19(8-12-21)27(29,30)31)16-25(36)35-24(18-5-13-22(38-2)14-6-18)15-23(33-35)17-3-9-20(28)10-4-17/h3-14,24H,15-16H2,1-2H3,(H,32,37). The quantitative estimate of drug-likeness (QED) is 0.418. The van der Waals surface area contributed by atoms with E-state index in [1.807, 2.05) is 12.1 Å². The van der Waals surface area contributed by atoms with E-state index in [2.05, 4.69) is 10.4 Å². The molecule has 3 amide bonds. The second-order valence-corrected chi connectivity index (χ2v) is 8.65. The molecule has 1 aliphatic rings. The lowest BCUT2D eigenvalue weighted by molar-refractivity contribution is -0.137. The zero-order valence-electron chi connectivity index (χ0n) is 20.5. The molecule has 0 fully saturated rings. The molecule has 3 aromatic carbocycles. The maximum absolute atomic E-state index is 13.4. The first-order valence-corrected chi connectivity index (χ1v) is 11.5. The molecular weight excluding hydrogens is 504 g/mol. The highest BCUT2D eigenvalue weighted by Gasteiger charge is 2.34. The van der Waals surface area contributed by atoms with Crippen molar-refractivity contribution in [1.29, 1.82) is 0 Å². The number of nitrogens with one attached hydrogen (secondary N) is 1. The average Bonchev–Trinajstić information content (AvgIpc) is 3.34. The number of hydrogen-bond acceptors (Lipinski definition) is 4. The first-order valence-electron chi connectivity index (χ1n) is 11.5. The minimum atomic E-state index is -4.49. The van der Waals surface area contributed by atoms with Crippen LogP contribution in [0.2, 0.25) is 0 Å². The molecule has 198 valence electrons. The van der Waals surface area contributed by atoms with Gasteiger partial charge < -0.3 is 15.0 Å². The first kappa shape index (κ1) is 26.6. The first-order chi connectivity index (χ1) is 18.0. The Bertz CT molecular complexity index is 1320. The van der Waals surface area contributed by atoms with Gasteiger partial charge in [0.25, 0.3) is 5.91 Å². The van der Waals surface area contributed by atoms with Gasteiger partial charge in [-0.15, -0.1) is 0 Å². The van der Waals surface area contributed by atoms with Crippen LogP contribution in [0.1, 0.15) is 29.2 Å². The Morgan fingerprint density at radius 2 is 1.66 bits per heavy atom. The molecular formula is C27H24F4N4O3. The number of likely N-dealkylation sites (N-methyl/N-ethyl adjacent to an activating group) is 1. The number of methoxy groups -OCH3 is 1. The molecule has 1 aliphatic heterocycles. The van der Waals surface area contributed by atoms with Crippen molar-refractivity contribution in [3.63, 3.8) is 0 Å². The number of rotatable bonds is 6. The van der Waals surface area contributed by atoms with E-state index in [9.17, 15) is 27.2 Å². The van der Waals surface area contributed by atoms with E-state index in [0.29, 0.717) is 23.4 Å². The maximum Gasteiger partial charge on any atom is 0.416 e.